The van der Waals surface area contributed by atoms with Crippen LogP contribution in [0.15, 0.2) is 86.5 Å². The molecule has 16 nitrogen and oxygen atoms in total. The van der Waals surface area contributed by atoms with Crippen molar-refractivity contribution in [2.24, 2.45) is 0 Å². The quantitative estimate of drug-likeness (QED) is 0.0370. The molecule has 0 aliphatic heterocycles. The molecule has 2 aromatic rings. The third-order valence-electron chi connectivity index (χ3n) is 9.05. The number of carbonyl (C=O) groups excluding carboxylic acids is 6. The van der Waals surface area contributed by atoms with Crippen molar-refractivity contribution in [3.63, 3.8) is 0 Å². The monoisotopic (exact) mass is 866 g/mol. The van der Waals surface area contributed by atoms with Gasteiger partial charge in [-0.25, -0.2) is 24.0 Å². The molecule has 1 aliphatic carbocycles. The number of esters is 6. The van der Waals surface area contributed by atoms with Gasteiger partial charge in [-0.05, 0) is 99.9 Å². The molecule has 0 amide bonds. The summed E-state index contributed by atoms with van der Waals surface area (Å²) in [6.07, 6.45) is 5.95. The van der Waals surface area contributed by atoms with Gasteiger partial charge in [0.15, 0.2) is 12.2 Å². The largest absolute Gasteiger partial charge is 0.490 e. The molecular formula is C46H58O16. The minimum Gasteiger partial charge on any atom is -0.490 e. The van der Waals surface area contributed by atoms with Crippen LogP contribution in [-0.4, -0.2) is 113 Å². The zero-order valence-electron chi connectivity index (χ0n) is 35.3. The Balaban J connectivity index is 1.36. The van der Waals surface area contributed by atoms with Gasteiger partial charge in [0.2, 0.25) is 0 Å². The van der Waals surface area contributed by atoms with Crippen molar-refractivity contribution >= 4 is 35.8 Å². The summed E-state index contributed by atoms with van der Waals surface area (Å²) >= 11 is 0. The fraction of sp³-hybridized carbons (Fsp3) is 0.478. The smallest absolute Gasteiger partial charge is 0.338 e. The number of hydrogen-bond acceptors (Lipinski definition) is 16. The van der Waals surface area contributed by atoms with Crippen LogP contribution >= 0.6 is 0 Å². The van der Waals surface area contributed by atoms with Crippen molar-refractivity contribution in [3.8, 4) is 11.5 Å². The second kappa shape index (κ2) is 29.3. The lowest BCUT2D eigenvalue weighted by Gasteiger charge is -2.28. The van der Waals surface area contributed by atoms with E-state index in [9.17, 15) is 28.8 Å². The van der Waals surface area contributed by atoms with Crippen molar-refractivity contribution in [3.05, 3.63) is 97.6 Å². The van der Waals surface area contributed by atoms with Gasteiger partial charge in [0.1, 0.15) is 36.9 Å². The lowest BCUT2D eigenvalue weighted by atomic mass is 9.95. The molecule has 2 atom stereocenters. The molecule has 16 heteroatoms. The Morgan fingerprint density at radius 3 is 1.32 bits per heavy atom. The Kier molecular flexibility index (Phi) is 23.8. The van der Waals surface area contributed by atoms with E-state index in [4.69, 9.17) is 47.4 Å². The van der Waals surface area contributed by atoms with Crippen molar-refractivity contribution in [1.29, 1.82) is 0 Å². The Morgan fingerprint density at radius 2 is 0.935 bits per heavy atom. The number of benzene rings is 2. The summed E-state index contributed by atoms with van der Waals surface area (Å²) < 4.78 is 55.0. The van der Waals surface area contributed by atoms with Gasteiger partial charge in [-0.15, -0.1) is 0 Å². The average molecular weight is 867 g/mol. The van der Waals surface area contributed by atoms with E-state index < -0.39 is 48.0 Å². The Bertz CT molecular complexity index is 1730. The van der Waals surface area contributed by atoms with E-state index in [1.54, 1.807) is 55.5 Å². The number of ether oxygens (including phenoxy) is 10. The highest BCUT2D eigenvalue weighted by molar-refractivity contribution is 5.90. The van der Waals surface area contributed by atoms with Crippen LogP contribution in [0.4, 0.5) is 0 Å². The van der Waals surface area contributed by atoms with E-state index in [2.05, 4.69) is 19.7 Å². The van der Waals surface area contributed by atoms with Crippen molar-refractivity contribution in [2.45, 2.75) is 89.1 Å². The van der Waals surface area contributed by atoms with Crippen LogP contribution in [0.3, 0.4) is 0 Å². The maximum atomic E-state index is 12.9. The zero-order valence-corrected chi connectivity index (χ0v) is 35.3. The van der Waals surface area contributed by atoms with Gasteiger partial charge in [0.05, 0.1) is 37.6 Å². The third kappa shape index (κ3) is 20.5. The molecule has 0 aromatic heterocycles. The number of hydrogen-bond donors (Lipinski definition) is 0. The molecule has 3 rings (SSSR count). The molecule has 0 radical (unpaired) electrons. The predicted octanol–water partition coefficient (Wildman–Crippen LogP) is 6.24. The Labute approximate surface area is 362 Å². The van der Waals surface area contributed by atoms with Gasteiger partial charge < -0.3 is 47.4 Å². The van der Waals surface area contributed by atoms with Crippen LogP contribution in [0, 0.1) is 0 Å². The van der Waals surface area contributed by atoms with Crippen LogP contribution in [0.25, 0.3) is 0 Å². The van der Waals surface area contributed by atoms with E-state index in [-0.39, 0.29) is 58.3 Å². The highest BCUT2D eigenvalue weighted by Gasteiger charge is 2.27. The fourth-order valence-electron chi connectivity index (χ4n) is 5.68. The first kappa shape index (κ1) is 50.4. The maximum absolute atomic E-state index is 12.9. The first-order chi connectivity index (χ1) is 30.0. The summed E-state index contributed by atoms with van der Waals surface area (Å²) in [6.45, 7) is 13.3. The number of rotatable bonds is 30. The first-order valence-corrected chi connectivity index (χ1v) is 20.7. The lowest BCUT2D eigenvalue weighted by molar-refractivity contribution is -0.153. The standard InChI is InChI=1S/C46H58O16/c1-5-41(47)55-27-11-9-25-53-29-39(59-43(49)7-3)31-57-35-17-13-33(14-18-35)45(51)61-37-21-23-38(24-22-37)62-46(52)34-15-19-36(20-16-34)58-32-40(60-44(50)8-4)30-54-26-10-12-28-56-42(48)6-2/h5-7,13-20,37-40H,1-3,8-12,21-32H2,4H3. The molecule has 1 fully saturated rings. The second-order valence-electron chi connectivity index (χ2n) is 13.9. The van der Waals surface area contributed by atoms with Crippen LogP contribution in [-0.2, 0) is 57.1 Å². The van der Waals surface area contributed by atoms with Crippen LogP contribution < -0.4 is 9.47 Å². The summed E-state index contributed by atoms with van der Waals surface area (Å²) in [7, 11) is 0. The van der Waals surface area contributed by atoms with Crippen LogP contribution in [0.1, 0.15) is 85.4 Å². The van der Waals surface area contributed by atoms with Gasteiger partial charge in [0, 0.05) is 37.9 Å². The van der Waals surface area contributed by atoms with Gasteiger partial charge in [-0.1, -0.05) is 26.7 Å². The Morgan fingerprint density at radius 1 is 0.548 bits per heavy atom. The zero-order chi connectivity index (χ0) is 45.0. The summed E-state index contributed by atoms with van der Waals surface area (Å²) in [4.78, 5) is 71.9. The summed E-state index contributed by atoms with van der Waals surface area (Å²) in [5.74, 6) is -2.05. The van der Waals surface area contributed by atoms with Gasteiger partial charge in [0.25, 0.3) is 0 Å². The molecule has 0 saturated heterocycles. The van der Waals surface area contributed by atoms with Crippen molar-refractivity contribution in [1.82, 2.24) is 0 Å². The van der Waals surface area contributed by atoms with Gasteiger partial charge >= 0.3 is 35.8 Å². The highest BCUT2D eigenvalue weighted by Crippen LogP contribution is 2.26. The van der Waals surface area contributed by atoms with E-state index in [0.29, 0.717) is 87.2 Å². The molecule has 338 valence electrons. The Hall–Kier alpha value is -6.00. The number of carbonyl (C=O) groups is 6. The number of unbranched alkanes of at least 4 members (excludes halogenated alkanes) is 2. The molecule has 2 unspecified atom stereocenters. The molecule has 2 aromatic carbocycles. The van der Waals surface area contributed by atoms with Crippen molar-refractivity contribution in [2.75, 3.05) is 52.9 Å². The van der Waals surface area contributed by atoms with Gasteiger partial charge in [-0.2, -0.15) is 0 Å². The molecule has 0 heterocycles. The molecular weight excluding hydrogens is 808 g/mol. The molecule has 62 heavy (non-hydrogen) atoms. The van der Waals surface area contributed by atoms with Crippen molar-refractivity contribution < 1.29 is 76.1 Å². The topological polar surface area (TPSA) is 195 Å². The van der Waals surface area contributed by atoms with E-state index in [0.717, 1.165) is 18.2 Å². The summed E-state index contributed by atoms with van der Waals surface area (Å²) in [5.41, 5.74) is 0.673. The van der Waals surface area contributed by atoms with E-state index >= 15 is 0 Å². The molecule has 0 N–H and O–H groups in total. The fourth-order valence-corrected chi connectivity index (χ4v) is 5.68. The highest BCUT2D eigenvalue weighted by atomic mass is 16.6. The summed E-state index contributed by atoms with van der Waals surface area (Å²) in [5, 5.41) is 0. The van der Waals surface area contributed by atoms with E-state index in [1.165, 1.54) is 0 Å². The second-order valence-corrected chi connectivity index (χ2v) is 13.9. The average Bonchev–Trinajstić information content (AvgIpc) is 3.29. The molecule has 1 saturated carbocycles. The third-order valence-corrected chi connectivity index (χ3v) is 9.05. The minimum absolute atomic E-state index is 0.00749. The maximum Gasteiger partial charge on any atom is 0.338 e. The molecule has 1 aliphatic rings. The molecule has 0 bridgehead atoms. The normalized spacial score (nSPS) is 15.4. The van der Waals surface area contributed by atoms with Crippen LogP contribution in [0.2, 0.25) is 0 Å². The summed E-state index contributed by atoms with van der Waals surface area (Å²) in [6, 6.07) is 12.8. The minimum atomic E-state index is -0.720. The van der Waals surface area contributed by atoms with E-state index in [1.807, 2.05) is 0 Å². The van der Waals surface area contributed by atoms with Gasteiger partial charge in [-0.3, -0.25) is 4.79 Å². The van der Waals surface area contributed by atoms with Crippen LogP contribution in [0.5, 0.6) is 11.5 Å². The predicted molar refractivity (Wildman–Crippen MR) is 223 cm³/mol. The first-order valence-electron chi connectivity index (χ1n) is 20.7. The molecule has 0 spiro atoms. The lowest BCUT2D eigenvalue weighted by Crippen LogP contribution is -2.30. The SMILES string of the molecule is C=CC(=O)OCCCCOCC(COc1ccc(C(=O)OC2CCC(OC(=O)c3ccc(OCC(COCCCCOC(=O)C=C)OC(=O)CC)cc3)CC2)cc1)OC(=O)C=C.